The van der Waals surface area contributed by atoms with E-state index in [4.69, 9.17) is 9.47 Å². The molecule has 10 heteroatoms. The van der Waals surface area contributed by atoms with Crippen LogP contribution in [0.2, 0.25) is 0 Å². The number of nitrogens with one attached hydrogen (secondary N) is 1. The highest BCUT2D eigenvalue weighted by molar-refractivity contribution is 7.92. The summed E-state index contributed by atoms with van der Waals surface area (Å²) in [6.45, 7) is 6.12. The van der Waals surface area contributed by atoms with Crippen LogP contribution in [-0.2, 0) is 26.2 Å². The predicted octanol–water partition coefficient (Wildman–Crippen LogP) is 3.58. The largest absolute Gasteiger partial charge is 0.497 e. The first-order valence-electron chi connectivity index (χ1n) is 12.6. The van der Waals surface area contributed by atoms with Crippen LogP contribution in [0.3, 0.4) is 0 Å². The zero-order valence-corrected chi connectivity index (χ0v) is 23.2. The molecule has 2 amide bonds. The Kier molecular flexibility index (Phi) is 11.7. The fourth-order valence-corrected chi connectivity index (χ4v) is 4.78. The first-order valence-corrected chi connectivity index (χ1v) is 14.4. The Labute approximate surface area is 220 Å². The normalized spacial score (nSPS) is 11.9. The highest BCUT2D eigenvalue weighted by Gasteiger charge is 2.32. The van der Waals surface area contributed by atoms with Gasteiger partial charge in [-0.3, -0.25) is 13.9 Å². The molecule has 1 atom stereocenters. The van der Waals surface area contributed by atoms with E-state index in [-0.39, 0.29) is 18.1 Å². The van der Waals surface area contributed by atoms with Crippen LogP contribution in [0.25, 0.3) is 0 Å². The fraction of sp³-hybridized carbons (Fsp3) is 0.481. The lowest BCUT2D eigenvalue weighted by Gasteiger charge is -2.33. The number of para-hydroxylation sites is 2. The summed E-state index contributed by atoms with van der Waals surface area (Å²) >= 11 is 0. The summed E-state index contributed by atoms with van der Waals surface area (Å²) in [7, 11) is -2.30. The quantitative estimate of drug-likeness (QED) is 0.351. The summed E-state index contributed by atoms with van der Waals surface area (Å²) < 4.78 is 37.7. The van der Waals surface area contributed by atoms with E-state index >= 15 is 0 Å². The highest BCUT2D eigenvalue weighted by Crippen LogP contribution is 2.30. The van der Waals surface area contributed by atoms with Crippen LogP contribution >= 0.6 is 0 Å². The minimum Gasteiger partial charge on any atom is -0.497 e. The van der Waals surface area contributed by atoms with Crippen LogP contribution in [0.5, 0.6) is 11.5 Å². The molecule has 204 valence electrons. The fourth-order valence-electron chi connectivity index (χ4n) is 3.93. The summed E-state index contributed by atoms with van der Waals surface area (Å²) in [5, 5.41) is 2.91. The second-order valence-electron chi connectivity index (χ2n) is 8.61. The van der Waals surface area contributed by atoms with Gasteiger partial charge in [-0.25, -0.2) is 8.42 Å². The smallest absolute Gasteiger partial charge is 0.244 e. The van der Waals surface area contributed by atoms with Gasteiger partial charge in [0.05, 0.1) is 25.7 Å². The number of carbonyl (C=O) groups is 2. The monoisotopic (exact) mass is 533 g/mol. The van der Waals surface area contributed by atoms with Crippen LogP contribution < -0.4 is 19.1 Å². The number of carbonyl (C=O) groups excluding carboxylic acids is 2. The van der Waals surface area contributed by atoms with Gasteiger partial charge in [0.2, 0.25) is 21.8 Å². The molecule has 2 aromatic rings. The molecule has 0 bridgehead atoms. The number of sulfonamides is 1. The maximum absolute atomic E-state index is 13.8. The summed E-state index contributed by atoms with van der Waals surface area (Å²) in [6, 6.07) is 13.1. The molecule has 2 rings (SSSR count). The van der Waals surface area contributed by atoms with Gasteiger partial charge in [0.25, 0.3) is 0 Å². The number of hydrogen-bond acceptors (Lipinski definition) is 6. The van der Waals surface area contributed by atoms with Gasteiger partial charge in [-0.1, -0.05) is 44.5 Å². The van der Waals surface area contributed by atoms with Gasteiger partial charge in [-0.15, -0.1) is 0 Å². The van der Waals surface area contributed by atoms with Crippen LogP contribution in [0.4, 0.5) is 5.69 Å². The van der Waals surface area contributed by atoms with Crippen molar-refractivity contribution in [2.75, 3.05) is 37.4 Å². The number of hydrogen-bond donors (Lipinski definition) is 1. The van der Waals surface area contributed by atoms with Gasteiger partial charge in [-0.2, -0.15) is 0 Å². The first-order chi connectivity index (χ1) is 17.7. The predicted molar refractivity (Wildman–Crippen MR) is 145 cm³/mol. The standard InChI is InChI=1S/C27H39N3O6S/c1-6-9-17-28-27(32)23(7-2)29(19-21-13-12-14-22(18-21)35-4)26(31)20-30(37(5,33)34)24-15-10-11-16-25(24)36-8-3/h10-16,18,23H,6-9,17,19-20H2,1-5H3,(H,28,32)/t23-/m0/s1. The zero-order valence-electron chi connectivity index (χ0n) is 22.4. The number of anilines is 1. The van der Waals surface area contributed by atoms with Crippen LogP contribution in [0, 0.1) is 0 Å². The second-order valence-corrected chi connectivity index (χ2v) is 10.5. The molecule has 1 N–H and O–H groups in total. The van der Waals surface area contributed by atoms with E-state index in [1.54, 1.807) is 56.5 Å². The SMILES string of the molecule is CCCCNC(=O)[C@H](CC)N(Cc1cccc(OC)c1)C(=O)CN(c1ccccc1OCC)S(C)(=O)=O. The molecule has 2 aromatic carbocycles. The number of rotatable bonds is 15. The van der Waals surface area contributed by atoms with Crippen LogP contribution in [0.15, 0.2) is 48.5 Å². The molecule has 0 fully saturated rings. The van der Waals surface area contributed by atoms with E-state index in [0.29, 0.717) is 31.1 Å². The Morgan fingerprint density at radius 1 is 1.05 bits per heavy atom. The van der Waals surface area contributed by atoms with Crippen molar-refractivity contribution in [3.63, 3.8) is 0 Å². The van der Waals surface area contributed by atoms with E-state index in [2.05, 4.69) is 5.32 Å². The van der Waals surface area contributed by atoms with Crippen molar-refractivity contribution in [1.82, 2.24) is 10.2 Å². The van der Waals surface area contributed by atoms with Gasteiger partial charge >= 0.3 is 0 Å². The van der Waals surface area contributed by atoms with E-state index < -0.39 is 28.5 Å². The molecule has 0 saturated carbocycles. The number of amides is 2. The highest BCUT2D eigenvalue weighted by atomic mass is 32.2. The van der Waals surface area contributed by atoms with Crippen molar-refractivity contribution in [3.8, 4) is 11.5 Å². The number of methoxy groups -OCH3 is 1. The number of unbranched alkanes of at least 4 members (excludes halogenated alkanes) is 1. The van der Waals surface area contributed by atoms with E-state index in [0.717, 1.165) is 29.0 Å². The minimum atomic E-state index is -3.86. The van der Waals surface area contributed by atoms with E-state index in [1.165, 1.54) is 4.90 Å². The first kappa shape index (κ1) is 30.0. The number of benzene rings is 2. The molecule has 0 aliphatic carbocycles. The molecule has 0 heterocycles. The Morgan fingerprint density at radius 2 is 1.78 bits per heavy atom. The lowest BCUT2D eigenvalue weighted by atomic mass is 10.1. The Hall–Kier alpha value is -3.27. The van der Waals surface area contributed by atoms with Crippen molar-refractivity contribution in [2.24, 2.45) is 0 Å². The average molecular weight is 534 g/mol. The van der Waals surface area contributed by atoms with Crippen molar-refractivity contribution in [3.05, 3.63) is 54.1 Å². The van der Waals surface area contributed by atoms with Crippen molar-refractivity contribution in [2.45, 2.75) is 52.6 Å². The Morgan fingerprint density at radius 3 is 2.41 bits per heavy atom. The summed E-state index contributed by atoms with van der Waals surface area (Å²) in [6.07, 6.45) is 3.15. The van der Waals surface area contributed by atoms with Crippen molar-refractivity contribution in [1.29, 1.82) is 0 Å². The Balaban J connectivity index is 2.46. The van der Waals surface area contributed by atoms with Gasteiger partial charge < -0.3 is 19.7 Å². The minimum absolute atomic E-state index is 0.112. The van der Waals surface area contributed by atoms with E-state index in [1.807, 2.05) is 19.9 Å². The van der Waals surface area contributed by atoms with Gasteiger partial charge in [0.1, 0.15) is 24.1 Å². The van der Waals surface area contributed by atoms with Crippen molar-refractivity contribution >= 4 is 27.5 Å². The topological polar surface area (TPSA) is 105 Å². The maximum Gasteiger partial charge on any atom is 0.244 e. The lowest BCUT2D eigenvalue weighted by molar-refractivity contribution is -0.140. The number of ether oxygens (including phenoxy) is 2. The zero-order chi connectivity index (χ0) is 27.4. The van der Waals surface area contributed by atoms with Crippen molar-refractivity contribution < 1.29 is 27.5 Å². The third kappa shape index (κ3) is 8.66. The van der Waals surface area contributed by atoms with Gasteiger partial charge in [0.15, 0.2) is 0 Å². The molecule has 37 heavy (non-hydrogen) atoms. The van der Waals surface area contributed by atoms with Gasteiger partial charge in [0, 0.05) is 13.1 Å². The molecule has 0 aromatic heterocycles. The molecule has 0 aliphatic heterocycles. The summed E-state index contributed by atoms with van der Waals surface area (Å²) in [5.74, 6) is 0.200. The molecular weight excluding hydrogens is 494 g/mol. The molecule has 0 unspecified atom stereocenters. The molecular formula is C27H39N3O6S. The summed E-state index contributed by atoms with van der Waals surface area (Å²) in [4.78, 5) is 28.4. The summed E-state index contributed by atoms with van der Waals surface area (Å²) in [5.41, 5.74) is 1.02. The van der Waals surface area contributed by atoms with Crippen LogP contribution in [0.1, 0.15) is 45.6 Å². The molecule has 0 spiro atoms. The average Bonchev–Trinajstić information content (AvgIpc) is 2.87. The van der Waals surface area contributed by atoms with Crippen LogP contribution in [-0.4, -0.2) is 64.2 Å². The van der Waals surface area contributed by atoms with Gasteiger partial charge in [-0.05, 0) is 49.6 Å². The third-order valence-electron chi connectivity index (χ3n) is 5.82. The molecule has 0 saturated heterocycles. The maximum atomic E-state index is 13.8. The molecule has 0 radical (unpaired) electrons. The Bertz CT molecular complexity index is 1140. The third-order valence-corrected chi connectivity index (χ3v) is 6.94. The lowest BCUT2D eigenvalue weighted by Crippen LogP contribution is -2.52. The molecule has 9 nitrogen and oxygen atoms in total. The number of nitrogens with zero attached hydrogens (tertiary/aromatic N) is 2. The van der Waals surface area contributed by atoms with E-state index in [9.17, 15) is 18.0 Å². The second kappa shape index (κ2) is 14.5. The molecule has 0 aliphatic rings.